The molecular weight excluding hydrogens is 887 g/mol. The first-order valence-corrected chi connectivity index (χ1v) is 30.0. The van der Waals surface area contributed by atoms with Gasteiger partial charge in [-0.3, -0.25) is 4.79 Å². The Morgan fingerprint density at radius 3 is 1.28 bits per heavy atom. The Kier molecular flexibility index (Phi) is 48.4. The van der Waals surface area contributed by atoms with Crippen LogP contribution in [0.1, 0.15) is 271 Å². The maximum atomic E-state index is 13.1. The summed E-state index contributed by atoms with van der Waals surface area (Å²) < 4.78 is 11.3. The lowest BCUT2D eigenvalue weighted by atomic mass is 9.99. The van der Waals surface area contributed by atoms with Crippen molar-refractivity contribution in [3.05, 3.63) is 60.8 Å². The number of allylic oxidation sites excluding steroid dienone is 9. The van der Waals surface area contributed by atoms with Crippen LogP contribution in [0.4, 0.5) is 0 Å². The molecule has 6 N–H and O–H groups in total. The molecule has 1 aliphatic heterocycles. The van der Waals surface area contributed by atoms with Crippen LogP contribution in [-0.2, 0) is 14.3 Å². The zero-order valence-corrected chi connectivity index (χ0v) is 46.0. The molecule has 1 fully saturated rings. The Morgan fingerprint density at radius 1 is 0.479 bits per heavy atom. The zero-order valence-electron chi connectivity index (χ0n) is 46.0. The van der Waals surface area contributed by atoms with E-state index < -0.39 is 49.5 Å². The van der Waals surface area contributed by atoms with Crippen LogP contribution in [0.5, 0.6) is 0 Å². The van der Waals surface area contributed by atoms with Crippen molar-refractivity contribution in [1.29, 1.82) is 0 Å². The van der Waals surface area contributed by atoms with Gasteiger partial charge in [0.25, 0.3) is 0 Å². The molecule has 1 rings (SSSR count). The van der Waals surface area contributed by atoms with Gasteiger partial charge in [-0.15, -0.1) is 0 Å². The van der Waals surface area contributed by atoms with Gasteiger partial charge in [0.1, 0.15) is 24.4 Å². The molecule has 1 heterocycles. The molecule has 0 radical (unpaired) electrons. The lowest BCUT2D eigenvalue weighted by molar-refractivity contribution is -0.302. The van der Waals surface area contributed by atoms with Gasteiger partial charge in [-0.05, 0) is 70.6 Å². The molecule has 0 spiro atoms. The molecule has 0 aliphatic carbocycles. The van der Waals surface area contributed by atoms with E-state index in [4.69, 9.17) is 9.47 Å². The van der Waals surface area contributed by atoms with E-state index in [1.54, 1.807) is 6.08 Å². The number of hydrogen-bond acceptors (Lipinski definition) is 8. The van der Waals surface area contributed by atoms with E-state index in [2.05, 4.69) is 67.8 Å². The number of amides is 1. The second-order valence-corrected chi connectivity index (χ2v) is 20.8. The van der Waals surface area contributed by atoms with Crippen molar-refractivity contribution in [2.45, 2.75) is 314 Å². The van der Waals surface area contributed by atoms with Crippen molar-refractivity contribution in [2.75, 3.05) is 13.2 Å². The Labute approximate surface area is 436 Å². The number of carbonyl (C=O) groups excluding carboxylic acids is 1. The summed E-state index contributed by atoms with van der Waals surface area (Å²) in [5.41, 5.74) is 0. The summed E-state index contributed by atoms with van der Waals surface area (Å²) in [5, 5.41) is 54.5. The molecule has 414 valence electrons. The third-order valence-corrected chi connectivity index (χ3v) is 14.1. The first-order valence-electron chi connectivity index (χ1n) is 30.0. The van der Waals surface area contributed by atoms with E-state index in [0.717, 1.165) is 64.2 Å². The highest BCUT2D eigenvalue weighted by atomic mass is 16.7. The van der Waals surface area contributed by atoms with E-state index in [-0.39, 0.29) is 12.5 Å². The monoisotopic (exact) mass is 1000 g/mol. The van der Waals surface area contributed by atoms with Gasteiger partial charge in [0.15, 0.2) is 6.29 Å². The summed E-state index contributed by atoms with van der Waals surface area (Å²) in [7, 11) is 0. The van der Waals surface area contributed by atoms with Gasteiger partial charge in [0.05, 0.1) is 25.4 Å². The van der Waals surface area contributed by atoms with Crippen LogP contribution in [0.15, 0.2) is 60.8 Å². The normalized spacial score (nSPS) is 19.7. The number of carbonyl (C=O) groups is 1. The molecule has 0 aromatic heterocycles. The Morgan fingerprint density at radius 2 is 0.845 bits per heavy atom. The number of ether oxygens (including phenoxy) is 2. The molecule has 9 nitrogen and oxygen atoms in total. The molecule has 7 unspecified atom stereocenters. The van der Waals surface area contributed by atoms with Crippen molar-refractivity contribution in [2.24, 2.45) is 0 Å². The second-order valence-electron chi connectivity index (χ2n) is 20.8. The highest BCUT2D eigenvalue weighted by Gasteiger charge is 2.44. The molecule has 9 heteroatoms. The number of hydrogen-bond donors (Lipinski definition) is 6. The fourth-order valence-corrected chi connectivity index (χ4v) is 9.30. The van der Waals surface area contributed by atoms with E-state index in [0.29, 0.717) is 6.42 Å². The molecule has 0 bridgehead atoms. The predicted molar refractivity (Wildman–Crippen MR) is 299 cm³/mol. The zero-order chi connectivity index (χ0) is 51.5. The van der Waals surface area contributed by atoms with Crippen molar-refractivity contribution in [3.63, 3.8) is 0 Å². The van der Waals surface area contributed by atoms with Crippen LogP contribution < -0.4 is 5.32 Å². The summed E-state index contributed by atoms with van der Waals surface area (Å²) in [6, 6.07) is -0.829. The average Bonchev–Trinajstić information content (AvgIpc) is 3.37. The minimum absolute atomic E-state index is 0.193. The van der Waals surface area contributed by atoms with Crippen LogP contribution in [0.25, 0.3) is 0 Å². The highest BCUT2D eigenvalue weighted by Crippen LogP contribution is 2.23. The van der Waals surface area contributed by atoms with Crippen molar-refractivity contribution >= 4 is 5.91 Å². The van der Waals surface area contributed by atoms with Crippen LogP contribution in [0, 0.1) is 0 Å². The fraction of sp³-hybridized carbons (Fsp3) is 0.823. The Bertz CT molecular complexity index is 1300. The summed E-state index contributed by atoms with van der Waals surface area (Å²) in [4.78, 5) is 13.1. The lowest BCUT2D eigenvalue weighted by Gasteiger charge is -2.40. The number of nitrogens with one attached hydrogen (secondary N) is 1. The summed E-state index contributed by atoms with van der Waals surface area (Å²) in [6.07, 6.45) is 62.9. The van der Waals surface area contributed by atoms with Gasteiger partial charge in [-0.2, -0.15) is 0 Å². The number of aliphatic hydroxyl groups is 5. The van der Waals surface area contributed by atoms with Gasteiger partial charge >= 0.3 is 0 Å². The van der Waals surface area contributed by atoms with E-state index in [9.17, 15) is 30.3 Å². The first-order chi connectivity index (χ1) is 34.8. The smallest absolute Gasteiger partial charge is 0.220 e. The van der Waals surface area contributed by atoms with E-state index in [1.165, 1.54) is 186 Å². The number of unbranched alkanes of at least 4 members (excludes halogenated alkanes) is 33. The van der Waals surface area contributed by atoms with Crippen molar-refractivity contribution in [1.82, 2.24) is 5.32 Å². The third-order valence-electron chi connectivity index (χ3n) is 14.1. The molecule has 1 saturated heterocycles. The minimum atomic E-state index is -1.58. The van der Waals surface area contributed by atoms with Gasteiger partial charge < -0.3 is 40.3 Å². The van der Waals surface area contributed by atoms with Gasteiger partial charge in [0.2, 0.25) is 5.91 Å². The van der Waals surface area contributed by atoms with Crippen LogP contribution >= 0.6 is 0 Å². The third kappa shape index (κ3) is 40.9. The molecule has 1 amide bonds. The molecule has 0 aromatic carbocycles. The van der Waals surface area contributed by atoms with Crippen LogP contribution in [0.3, 0.4) is 0 Å². The SMILES string of the molecule is CCCCCCC/C=C\C/C=C\C/C=C\CCCCCCCCCCC(=O)NC(COC1OC(CO)C(O)C(O)C1O)C(O)/C=C/CC/C=C/CCCCCCCCCCCCCCCCCCCCC. The van der Waals surface area contributed by atoms with Gasteiger partial charge in [-0.1, -0.05) is 254 Å². The molecule has 71 heavy (non-hydrogen) atoms. The maximum Gasteiger partial charge on any atom is 0.220 e. The standard InChI is InChI=1S/C62H113NO8/c1-3-5-7-9-11-13-15-17-19-21-23-25-27-28-30-31-33-35-37-39-41-43-45-47-49-51-56(65)55(54-70-62-61(69)60(68)59(67)57(53-64)71-62)63-58(66)52-50-48-46-44-42-40-38-36-34-32-29-26-24-22-20-18-16-14-12-10-8-6-4-2/h16,18,22,24,29,32,41,43,49,51,55-57,59-62,64-65,67-69H,3-15,17,19-21,23,25-28,30-31,33-40,42,44-48,50,52-54H2,1-2H3,(H,63,66)/b18-16-,24-22-,32-29-,43-41+,51-49+. The van der Waals surface area contributed by atoms with Gasteiger partial charge in [0, 0.05) is 6.42 Å². The summed E-state index contributed by atoms with van der Waals surface area (Å²) >= 11 is 0. The molecule has 0 aromatic rings. The minimum Gasteiger partial charge on any atom is -0.394 e. The van der Waals surface area contributed by atoms with Crippen molar-refractivity contribution < 1.29 is 39.8 Å². The van der Waals surface area contributed by atoms with Crippen LogP contribution in [0.2, 0.25) is 0 Å². The molecule has 1 aliphatic rings. The fourth-order valence-electron chi connectivity index (χ4n) is 9.30. The Balaban J connectivity index is 2.25. The number of aliphatic hydroxyl groups excluding tert-OH is 5. The van der Waals surface area contributed by atoms with Crippen molar-refractivity contribution in [3.8, 4) is 0 Å². The quantitative estimate of drug-likeness (QED) is 0.0261. The van der Waals surface area contributed by atoms with E-state index >= 15 is 0 Å². The summed E-state index contributed by atoms with van der Waals surface area (Å²) in [6.45, 7) is 3.77. The lowest BCUT2D eigenvalue weighted by Crippen LogP contribution is -2.60. The Hall–Kier alpha value is -2.11. The summed E-state index contributed by atoms with van der Waals surface area (Å²) in [5.74, 6) is -0.193. The van der Waals surface area contributed by atoms with Crippen LogP contribution in [-0.4, -0.2) is 87.5 Å². The number of rotatable bonds is 51. The second kappa shape index (κ2) is 51.4. The van der Waals surface area contributed by atoms with Gasteiger partial charge in [-0.25, -0.2) is 0 Å². The average molecular weight is 1000 g/mol. The largest absolute Gasteiger partial charge is 0.394 e. The molecule has 0 saturated carbocycles. The van der Waals surface area contributed by atoms with E-state index in [1.807, 2.05) is 6.08 Å². The first kappa shape index (κ1) is 66.9. The molecular formula is C62H113NO8. The topological polar surface area (TPSA) is 149 Å². The molecule has 7 atom stereocenters. The highest BCUT2D eigenvalue weighted by molar-refractivity contribution is 5.76. The predicted octanol–water partition coefficient (Wildman–Crippen LogP) is 15.1. The maximum absolute atomic E-state index is 13.1.